The summed E-state index contributed by atoms with van der Waals surface area (Å²) in [6.07, 6.45) is 1.98. The van der Waals surface area contributed by atoms with Gasteiger partial charge in [-0.2, -0.15) is 4.98 Å². The number of benzene rings is 1. The van der Waals surface area contributed by atoms with E-state index in [0.717, 1.165) is 24.0 Å². The lowest BCUT2D eigenvalue weighted by atomic mass is 10.0. The van der Waals surface area contributed by atoms with Gasteiger partial charge in [0.25, 0.3) is 0 Å². The van der Waals surface area contributed by atoms with E-state index in [0.29, 0.717) is 24.8 Å². The molecule has 1 saturated heterocycles. The number of carbonyl (C=O) groups excluding carboxylic acids is 1. The van der Waals surface area contributed by atoms with Crippen LogP contribution in [-0.2, 0) is 20.4 Å². The van der Waals surface area contributed by atoms with Crippen LogP contribution >= 0.6 is 0 Å². The van der Waals surface area contributed by atoms with Crippen molar-refractivity contribution in [2.75, 3.05) is 18.8 Å². The Labute approximate surface area is 153 Å². The maximum absolute atomic E-state index is 12.3. The van der Waals surface area contributed by atoms with Gasteiger partial charge in [0, 0.05) is 18.7 Å². The molecule has 1 amide bonds. The zero-order chi connectivity index (χ0) is 18.7. The minimum absolute atomic E-state index is 0.000359. The number of sulfone groups is 1. The van der Waals surface area contributed by atoms with Crippen LogP contribution < -0.4 is 0 Å². The summed E-state index contributed by atoms with van der Waals surface area (Å²) < 4.78 is 29.8. The highest BCUT2D eigenvalue weighted by Gasteiger charge is 2.27. The van der Waals surface area contributed by atoms with E-state index in [4.69, 9.17) is 4.52 Å². The smallest absolute Gasteiger partial charge is 0.242 e. The number of aromatic nitrogens is 2. The van der Waals surface area contributed by atoms with Gasteiger partial charge in [-0.25, -0.2) is 8.42 Å². The van der Waals surface area contributed by atoms with Gasteiger partial charge in [-0.15, -0.1) is 0 Å². The number of likely N-dealkylation sites (tertiary alicyclic amines) is 1. The van der Waals surface area contributed by atoms with Gasteiger partial charge in [0.1, 0.15) is 11.5 Å². The quantitative estimate of drug-likeness (QED) is 0.793. The molecule has 1 unspecified atom stereocenters. The van der Waals surface area contributed by atoms with Gasteiger partial charge in [-0.1, -0.05) is 41.9 Å². The molecule has 0 aliphatic carbocycles. The van der Waals surface area contributed by atoms with Crippen LogP contribution in [0, 0.1) is 12.8 Å². The Kier molecular flexibility index (Phi) is 5.41. The first-order valence-corrected chi connectivity index (χ1v) is 10.5. The molecule has 1 atom stereocenters. The zero-order valence-electron chi connectivity index (χ0n) is 15.0. The Balaban J connectivity index is 1.64. The van der Waals surface area contributed by atoms with E-state index in [1.54, 1.807) is 4.90 Å². The number of aryl methyl sites for hydroxylation is 1. The van der Waals surface area contributed by atoms with Gasteiger partial charge in [-0.3, -0.25) is 4.79 Å². The lowest BCUT2D eigenvalue weighted by Gasteiger charge is -2.30. The second kappa shape index (κ2) is 7.57. The van der Waals surface area contributed by atoms with Crippen molar-refractivity contribution in [3.8, 4) is 11.4 Å². The molecular formula is C18H23N3O4S. The van der Waals surface area contributed by atoms with Crippen molar-refractivity contribution < 1.29 is 17.7 Å². The molecule has 2 heterocycles. The molecule has 1 aromatic carbocycles. The number of hydrogen-bond donors (Lipinski definition) is 0. The van der Waals surface area contributed by atoms with Gasteiger partial charge in [0.15, 0.2) is 9.84 Å². The van der Waals surface area contributed by atoms with Crippen molar-refractivity contribution in [2.24, 2.45) is 5.92 Å². The van der Waals surface area contributed by atoms with E-state index >= 15 is 0 Å². The second-order valence-corrected chi connectivity index (χ2v) is 9.06. The van der Waals surface area contributed by atoms with Crippen LogP contribution in [0.3, 0.4) is 0 Å². The molecule has 0 radical (unpaired) electrons. The Hall–Kier alpha value is -2.22. The summed E-state index contributed by atoms with van der Waals surface area (Å²) in [5.74, 6) is -0.562. The topological polar surface area (TPSA) is 93.4 Å². The lowest BCUT2D eigenvalue weighted by molar-refractivity contribution is -0.130. The largest absolute Gasteiger partial charge is 0.342 e. The molecule has 3 rings (SSSR count). The first-order valence-electron chi connectivity index (χ1n) is 8.70. The first kappa shape index (κ1) is 18.6. The first-order chi connectivity index (χ1) is 12.3. The maximum atomic E-state index is 12.3. The summed E-state index contributed by atoms with van der Waals surface area (Å²) in [5.41, 5.74) is 1.85. The summed E-state index contributed by atoms with van der Waals surface area (Å²) in [5, 5.41) is 3.83. The molecule has 1 aliphatic heterocycles. The van der Waals surface area contributed by atoms with Crippen LogP contribution in [0.4, 0.5) is 0 Å². The molecule has 1 aromatic heterocycles. The van der Waals surface area contributed by atoms with Crippen molar-refractivity contribution in [1.82, 2.24) is 15.0 Å². The predicted molar refractivity (Wildman–Crippen MR) is 96.9 cm³/mol. The molecule has 1 aliphatic rings. The van der Waals surface area contributed by atoms with E-state index in [1.807, 2.05) is 31.2 Å². The van der Waals surface area contributed by atoms with Gasteiger partial charge >= 0.3 is 0 Å². The van der Waals surface area contributed by atoms with Crippen LogP contribution in [0.2, 0.25) is 0 Å². The molecule has 7 nitrogen and oxygen atoms in total. The Bertz CT molecular complexity index is 874. The Morgan fingerprint density at radius 3 is 2.73 bits per heavy atom. The third-order valence-corrected chi connectivity index (χ3v) is 5.85. The number of rotatable bonds is 5. The van der Waals surface area contributed by atoms with E-state index in [1.165, 1.54) is 0 Å². The van der Waals surface area contributed by atoms with Gasteiger partial charge in [0.05, 0.1) is 0 Å². The second-order valence-electron chi connectivity index (χ2n) is 7.00. The fourth-order valence-corrected chi connectivity index (χ4v) is 4.22. The van der Waals surface area contributed by atoms with Crippen LogP contribution in [-0.4, -0.2) is 48.2 Å². The van der Waals surface area contributed by atoms with Crippen molar-refractivity contribution in [2.45, 2.75) is 32.4 Å². The van der Waals surface area contributed by atoms with Crippen LogP contribution in [0.5, 0.6) is 0 Å². The van der Waals surface area contributed by atoms with Crippen LogP contribution in [0.15, 0.2) is 28.8 Å². The highest BCUT2D eigenvalue weighted by Crippen LogP contribution is 2.18. The number of piperidine rings is 1. The number of carbonyl (C=O) groups is 1. The molecule has 0 bridgehead atoms. The van der Waals surface area contributed by atoms with E-state index < -0.39 is 21.3 Å². The van der Waals surface area contributed by atoms with Crippen molar-refractivity contribution in [3.05, 3.63) is 35.7 Å². The molecule has 0 N–H and O–H groups in total. The number of hydrogen-bond acceptors (Lipinski definition) is 6. The summed E-state index contributed by atoms with van der Waals surface area (Å²) in [6.45, 7) is 5.28. The van der Waals surface area contributed by atoms with E-state index in [2.05, 4.69) is 17.1 Å². The van der Waals surface area contributed by atoms with Gasteiger partial charge in [-0.05, 0) is 25.7 Å². The molecule has 8 heteroatoms. The maximum Gasteiger partial charge on any atom is 0.242 e. The molecular weight excluding hydrogens is 354 g/mol. The molecule has 0 saturated carbocycles. The monoisotopic (exact) mass is 377 g/mol. The van der Waals surface area contributed by atoms with Crippen LogP contribution in [0.25, 0.3) is 11.4 Å². The van der Waals surface area contributed by atoms with E-state index in [-0.39, 0.29) is 11.8 Å². The lowest BCUT2D eigenvalue weighted by Crippen LogP contribution is -2.42. The molecule has 140 valence electrons. The molecule has 2 aromatic rings. The third-order valence-electron chi connectivity index (χ3n) is 4.47. The minimum atomic E-state index is -3.66. The Morgan fingerprint density at radius 2 is 2.04 bits per heavy atom. The summed E-state index contributed by atoms with van der Waals surface area (Å²) >= 11 is 0. The van der Waals surface area contributed by atoms with Gasteiger partial charge in [0.2, 0.25) is 17.6 Å². The van der Waals surface area contributed by atoms with Crippen LogP contribution in [0.1, 0.15) is 31.2 Å². The highest BCUT2D eigenvalue weighted by atomic mass is 32.2. The van der Waals surface area contributed by atoms with E-state index in [9.17, 15) is 13.2 Å². The molecule has 0 spiro atoms. The fourth-order valence-electron chi connectivity index (χ4n) is 3.07. The SMILES string of the molecule is Cc1ccc(-c2noc(CS(=O)(=O)CC(=O)N3CCCC(C)C3)n2)cc1. The van der Waals surface area contributed by atoms with Crippen molar-refractivity contribution in [3.63, 3.8) is 0 Å². The zero-order valence-corrected chi connectivity index (χ0v) is 15.8. The number of amides is 1. The fraction of sp³-hybridized carbons (Fsp3) is 0.500. The molecule has 1 fully saturated rings. The third kappa shape index (κ3) is 4.69. The normalized spacial score (nSPS) is 18.1. The Morgan fingerprint density at radius 1 is 1.31 bits per heavy atom. The molecule has 26 heavy (non-hydrogen) atoms. The van der Waals surface area contributed by atoms with Crippen molar-refractivity contribution >= 4 is 15.7 Å². The average molecular weight is 377 g/mol. The average Bonchev–Trinajstić information content (AvgIpc) is 3.02. The summed E-state index contributed by atoms with van der Waals surface area (Å²) in [6, 6.07) is 7.53. The standard InChI is InChI=1S/C18H23N3O4S/c1-13-5-7-15(8-6-13)18-19-16(25-20-18)11-26(23,24)12-17(22)21-9-3-4-14(2)10-21/h5-8,14H,3-4,9-12H2,1-2H3. The van der Waals surface area contributed by atoms with Crippen molar-refractivity contribution in [1.29, 1.82) is 0 Å². The summed E-state index contributed by atoms with van der Waals surface area (Å²) in [4.78, 5) is 18.1. The number of nitrogens with zero attached hydrogens (tertiary/aromatic N) is 3. The predicted octanol–water partition coefficient (Wildman–Crippen LogP) is 2.22. The minimum Gasteiger partial charge on any atom is -0.342 e. The van der Waals surface area contributed by atoms with Gasteiger partial charge < -0.3 is 9.42 Å². The highest BCUT2D eigenvalue weighted by molar-refractivity contribution is 7.91. The summed E-state index contributed by atoms with van der Waals surface area (Å²) in [7, 11) is -3.66.